The van der Waals surface area contributed by atoms with Gasteiger partial charge in [-0.3, -0.25) is 9.59 Å². The van der Waals surface area contributed by atoms with Gasteiger partial charge in [0.05, 0.1) is 6.61 Å². The molecule has 0 aliphatic carbocycles. The van der Waals surface area contributed by atoms with E-state index in [9.17, 15) is 9.59 Å². The number of hydrogen-bond acceptors (Lipinski definition) is 4. The quantitative estimate of drug-likeness (QED) is 0.233. The summed E-state index contributed by atoms with van der Waals surface area (Å²) in [5, 5.41) is 0. The molecule has 0 bridgehead atoms. The predicted octanol–water partition coefficient (Wildman–Crippen LogP) is 3.05. The highest BCUT2D eigenvalue weighted by Crippen LogP contribution is 2.36. The average molecular weight is 336 g/mol. The van der Waals surface area contributed by atoms with Crippen molar-refractivity contribution < 1.29 is 23.9 Å². The maximum absolute atomic E-state index is 11.4. The van der Waals surface area contributed by atoms with Gasteiger partial charge in [-0.2, -0.15) is 0 Å². The first-order chi connectivity index (χ1) is 9.74. The highest BCUT2D eigenvalue weighted by Gasteiger charge is 2.13. The summed E-state index contributed by atoms with van der Waals surface area (Å²) in [5.74, 6) is -0.799. The molecule has 0 unspecified atom stereocenters. The van der Waals surface area contributed by atoms with Gasteiger partial charge in [-0.15, -0.1) is 0 Å². The zero-order valence-corrected chi connectivity index (χ0v) is 14.3. The van der Waals surface area contributed by atoms with Crippen LogP contribution in [-0.4, -0.2) is 28.0 Å². The van der Waals surface area contributed by atoms with E-state index in [0.29, 0.717) is 12.0 Å². The minimum atomic E-state index is -3.49. The Morgan fingerprint density at radius 1 is 1.05 bits per heavy atom. The summed E-state index contributed by atoms with van der Waals surface area (Å²) in [7, 11) is 0. The molecule has 0 fully saturated rings. The highest BCUT2D eigenvalue weighted by molar-refractivity contribution is 8.06. The van der Waals surface area contributed by atoms with E-state index in [1.54, 1.807) is 6.92 Å². The first-order valence-corrected chi connectivity index (χ1v) is 9.79. The molecule has 0 atom stereocenters. The van der Waals surface area contributed by atoms with Crippen molar-refractivity contribution in [3.05, 3.63) is 12.2 Å². The van der Waals surface area contributed by atoms with Crippen LogP contribution in [0.15, 0.2) is 12.2 Å². The third-order valence-corrected chi connectivity index (χ3v) is 3.78. The van der Waals surface area contributed by atoms with Crippen LogP contribution in [0, 0.1) is 0 Å². The number of carbonyl (C=O) groups excluding carboxylic acids is 2. The molecular weight excluding hydrogens is 311 g/mol. The summed E-state index contributed by atoms with van der Waals surface area (Å²) in [5.41, 5.74) is 0.304. The lowest BCUT2D eigenvalue weighted by molar-refractivity contribution is -0.134. The van der Waals surface area contributed by atoms with Gasteiger partial charge in [0.25, 0.3) is 0 Å². The second kappa shape index (κ2) is 11.2. The van der Waals surface area contributed by atoms with Gasteiger partial charge in [0.1, 0.15) is 0 Å². The van der Waals surface area contributed by atoms with E-state index in [4.69, 9.17) is 14.3 Å². The predicted molar refractivity (Wildman–Crippen MR) is 86.4 cm³/mol. The molecule has 0 aromatic carbocycles. The lowest BCUT2D eigenvalue weighted by Gasteiger charge is -2.07. The molecule has 2 N–H and O–H groups in total. The summed E-state index contributed by atoms with van der Waals surface area (Å²) < 4.78 is 4.70. The van der Waals surface area contributed by atoms with Crippen molar-refractivity contribution in [3.63, 3.8) is 0 Å². The van der Waals surface area contributed by atoms with Crippen LogP contribution in [0.4, 0.5) is 0 Å². The van der Waals surface area contributed by atoms with Gasteiger partial charge in [0.15, 0.2) is 0 Å². The molecule has 5 nitrogen and oxygen atoms in total. The van der Waals surface area contributed by atoms with Crippen LogP contribution >= 0.6 is 6.72 Å². The molecule has 122 valence electrons. The first-order valence-electron chi connectivity index (χ1n) is 7.17. The van der Waals surface area contributed by atoms with Gasteiger partial charge in [-0.05, 0) is 37.1 Å². The fourth-order valence-electron chi connectivity index (χ4n) is 1.81. The van der Waals surface area contributed by atoms with Crippen LogP contribution in [0.2, 0.25) is 0 Å². The molecule has 0 rings (SSSR count). The van der Waals surface area contributed by atoms with E-state index in [1.807, 2.05) is 0 Å². The Morgan fingerprint density at radius 3 is 2.00 bits per heavy atom. The summed E-state index contributed by atoms with van der Waals surface area (Å²) >= 11 is 4.33. The van der Waals surface area contributed by atoms with E-state index in [2.05, 4.69) is 18.4 Å². The van der Waals surface area contributed by atoms with Crippen LogP contribution in [0.25, 0.3) is 0 Å². The first kappa shape index (κ1) is 20.6. The zero-order valence-electron chi connectivity index (χ0n) is 12.5. The summed E-state index contributed by atoms with van der Waals surface area (Å²) in [4.78, 5) is 40.4. The summed E-state index contributed by atoms with van der Waals surface area (Å²) in [6.07, 6.45) is 6.77. The Kier molecular flexibility index (Phi) is 11.0. The molecule has 0 saturated heterocycles. The summed E-state index contributed by atoms with van der Waals surface area (Å²) in [6.45, 7) is 1.81. The van der Waals surface area contributed by atoms with Crippen LogP contribution in [0.5, 0.6) is 0 Å². The van der Waals surface area contributed by atoms with Crippen molar-refractivity contribution in [2.75, 3.05) is 6.61 Å². The van der Waals surface area contributed by atoms with Crippen molar-refractivity contribution in [3.8, 4) is 0 Å². The topological polar surface area (TPSA) is 83.8 Å². The average Bonchev–Trinajstić information content (AvgIpc) is 2.38. The Hall–Kier alpha value is -0.390. The lowest BCUT2D eigenvalue weighted by atomic mass is 10.0. The van der Waals surface area contributed by atoms with Crippen LogP contribution in [-0.2, 0) is 25.9 Å². The van der Waals surface area contributed by atoms with Gasteiger partial charge < -0.3 is 14.3 Å². The number of Topliss-reactive ketones (excluding diaryl/α,β-unsaturated/α-hetero) is 2. The summed E-state index contributed by atoms with van der Waals surface area (Å²) in [6, 6.07) is 0. The fraction of sp³-hybridized carbons (Fsp3) is 0.714. The third kappa shape index (κ3) is 13.0. The minimum absolute atomic E-state index is 0.280. The number of hydrogen-bond donors (Lipinski definition) is 2. The smallest absolute Gasteiger partial charge is 0.321 e. The van der Waals surface area contributed by atoms with E-state index >= 15 is 0 Å². The van der Waals surface area contributed by atoms with E-state index in [-0.39, 0.29) is 12.4 Å². The maximum atomic E-state index is 11.4. The van der Waals surface area contributed by atoms with Gasteiger partial charge in [-0.1, -0.05) is 38.7 Å². The molecule has 0 amide bonds. The van der Waals surface area contributed by atoms with Crippen LogP contribution in [0.3, 0.4) is 0 Å². The largest absolute Gasteiger partial charge is 0.325 e. The zero-order chi connectivity index (χ0) is 16.3. The second-order valence-corrected chi connectivity index (χ2v) is 7.75. The molecule has 0 aliphatic rings. The van der Waals surface area contributed by atoms with Gasteiger partial charge in [0, 0.05) is 6.42 Å². The van der Waals surface area contributed by atoms with Gasteiger partial charge in [-0.25, -0.2) is 0 Å². The number of unbranched alkanes of at least 4 members (excludes halogenated alkanes) is 6. The Bertz CT molecular complexity index is 402. The number of carbonyl (C=O) groups is 2. The molecule has 0 radical (unpaired) electrons. The Labute approximate surface area is 131 Å². The molecule has 0 spiro atoms. The fourth-order valence-corrected chi connectivity index (χ4v) is 2.40. The minimum Gasteiger partial charge on any atom is -0.325 e. The number of rotatable bonds is 13. The van der Waals surface area contributed by atoms with E-state index in [0.717, 1.165) is 44.9 Å². The van der Waals surface area contributed by atoms with E-state index < -0.39 is 12.5 Å². The molecule has 0 saturated carbocycles. The standard InChI is InChI=1S/C14H25O5PS/c1-12(2)14(16)13(15)10-8-6-4-3-5-7-9-11-19-20(17,18)21/h1,3-11H2,2H3,(H2,17,18,21). The molecule has 21 heavy (non-hydrogen) atoms. The number of allylic oxidation sites excluding steroid dienone is 1. The van der Waals surface area contributed by atoms with E-state index in [1.165, 1.54) is 0 Å². The monoisotopic (exact) mass is 336 g/mol. The normalized spacial score (nSPS) is 11.4. The van der Waals surface area contributed by atoms with Crippen molar-refractivity contribution in [2.45, 2.75) is 58.3 Å². The van der Waals surface area contributed by atoms with Crippen molar-refractivity contribution in [1.82, 2.24) is 0 Å². The molecular formula is C14H25O5PS. The van der Waals surface area contributed by atoms with Crippen LogP contribution in [0.1, 0.15) is 58.3 Å². The second-order valence-electron chi connectivity index (χ2n) is 5.08. The molecule has 7 heteroatoms. The molecule has 0 aliphatic heterocycles. The van der Waals surface area contributed by atoms with Crippen molar-refractivity contribution in [1.29, 1.82) is 0 Å². The SMILES string of the molecule is C=C(C)C(=O)C(=O)CCCCCCCCCOP(O)(O)=S. The van der Waals surface area contributed by atoms with Crippen molar-refractivity contribution in [2.24, 2.45) is 0 Å². The van der Waals surface area contributed by atoms with Crippen LogP contribution < -0.4 is 0 Å². The third-order valence-electron chi connectivity index (χ3n) is 2.95. The lowest BCUT2D eigenvalue weighted by Crippen LogP contribution is -2.13. The molecule has 0 aromatic heterocycles. The Morgan fingerprint density at radius 2 is 1.52 bits per heavy atom. The van der Waals surface area contributed by atoms with Gasteiger partial charge >= 0.3 is 6.72 Å². The molecule has 0 aromatic rings. The molecule has 0 heterocycles. The number of ketones is 2. The highest BCUT2D eigenvalue weighted by atomic mass is 32.5. The van der Waals surface area contributed by atoms with Gasteiger partial charge in [0.2, 0.25) is 11.6 Å². The maximum Gasteiger partial charge on any atom is 0.321 e. The Balaban J connectivity index is 3.38. The van der Waals surface area contributed by atoms with Crippen molar-refractivity contribution >= 4 is 30.1 Å².